The molecule has 0 spiro atoms. The van der Waals surface area contributed by atoms with E-state index in [1.54, 1.807) is 6.07 Å². The number of amides is 1. The number of carbonyl (C=O) groups excluding carboxylic acids is 1. The van der Waals surface area contributed by atoms with Gasteiger partial charge in [-0.15, -0.1) is 0 Å². The minimum atomic E-state index is -4.64. The summed E-state index contributed by atoms with van der Waals surface area (Å²) in [6, 6.07) is 15.8. The van der Waals surface area contributed by atoms with Crippen LogP contribution in [0.5, 0.6) is 5.75 Å². The minimum absolute atomic E-state index is 0.00744. The lowest BCUT2D eigenvalue weighted by atomic mass is 9.89. The van der Waals surface area contributed by atoms with Crippen LogP contribution in [-0.2, 0) is 11.0 Å². The Kier molecular flexibility index (Phi) is 10.6. The van der Waals surface area contributed by atoms with Crippen molar-refractivity contribution in [2.45, 2.75) is 64.1 Å². The molecule has 1 saturated heterocycles. The van der Waals surface area contributed by atoms with Crippen LogP contribution in [0.25, 0.3) is 0 Å². The average molecular weight is 589 g/mol. The second kappa shape index (κ2) is 14.1. The van der Waals surface area contributed by atoms with Crippen molar-refractivity contribution in [3.63, 3.8) is 0 Å². The van der Waals surface area contributed by atoms with E-state index in [0.29, 0.717) is 36.5 Å². The predicted molar refractivity (Wildman–Crippen MR) is 153 cm³/mol. The number of unbranched alkanes of at least 4 members (excludes halogenated alkanes) is 1. The number of hydrogen-bond donors (Lipinski definition) is 1. The van der Waals surface area contributed by atoms with Crippen molar-refractivity contribution in [2.75, 3.05) is 25.0 Å². The van der Waals surface area contributed by atoms with Crippen molar-refractivity contribution in [3.8, 4) is 5.75 Å². The van der Waals surface area contributed by atoms with Gasteiger partial charge in [-0.25, -0.2) is 8.78 Å². The third kappa shape index (κ3) is 8.77. The molecule has 42 heavy (non-hydrogen) atoms. The van der Waals surface area contributed by atoms with Gasteiger partial charge in [0.2, 0.25) is 5.91 Å². The summed E-state index contributed by atoms with van der Waals surface area (Å²) >= 11 is 0. The summed E-state index contributed by atoms with van der Waals surface area (Å²) in [5.41, 5.74) is 1.47. The van der Waals surface area contributed by atoms with Crippen LogP contribution in [0.1, 0.15) is 74.7 Å². The zero-order valence-corrected chi connectivity index (χ0v) is 23.9. The molecule has 1 amide bonds. The molecule has 0 saturated carbocycles. The summed E-state index contributed by atoms with van der Waals surface area (Å²) < 4.78 is 73.7. The fraction of sp³-hybridized carbons (Fsp3) is 0.424. The Morgan fingerprint density at radius 2 is 1.71 bits per heavy atom. The lowest BCUT2D eigenvalue weighted by molar-refractivity contribution is -0.137. The first-order valence-corrected chi connectivity index (χ1v) is 14.4. The van der Waals surface area contributed by atoms with Gasteiger partial charge in [-0.1, -0.05) is 38.1 Å². The molecule has 1 aliphatic rings. The Balaban J connectivity index is 1.31. The van der Waals surface area contributed by atoms with Gasteiger partial charge >= 0.3 is 6.18 Å². The van der Waals surface area contributed by atoms with E-state index in [-0.39, 0.29) is 11.8 Å². The van der Waals surface area contributed by atoms with Gasteiger partial charge in [-0.2, -0.15) is 13.2 Å². The van der Waals surface area contributed by atoms with E-state index in [1.165, 1.54) is 23.8 Å². The summed E-state index contributed by atoms with van der Waals surface area (Å²) in [6.07, 6.45) is -1.59. The molecule has 0 bridgehead atoms. The van der Waals surface area contributed by atoms with Crippen LogP contribution in [0.2, 0.25) is 0 Å². The molecule has 226 valence electrons. The molecule has 3 aromatic carbocycles. The molecule has 0 radical (unpaired) electrons. The van der Waals surface area contributed by atoms with Gasteiger partial charge in [0, 0.05) is 11.6 Å². The van der Waals surface area contributed by atoms with Gasteiger partial charge < -0.3 is 15.0 Å². The molecule has 1 N–H and O–H groups in total. The van der Waals surface area contributed by atoms with E-state index in [9.17, 15) is 26.7 Å². The molecule has 1 aliphatic heterocycles. The van der Waals surface area contributed by atoms with Crippen molar-refractivity contribution in [1.82, 2.24) is 4.90 Å². The van der Waals surface area contributed by atoms with Gasteiger partial charge in [0.05, 0.1) is 5.56 Å². The molecular formula is C33H37F5N2O2. The van der Waals surface area contributed by atoms with E-state index in [1.807, 2.05) is 26.0 Å². The molecule has 1 fully saturated rings. The predicted octanol–water partition coefficient (Wildman–Crippen LogP) is 8.75. The molecule has 0 aliphatic carbocycles. The number of carbonyl (C=O) groups is 1. The Bertz CT molecular complexity index is 1340. The Hall–Kier alpha value is -3.46. The van der Waals surface area contributed by atoms with E-state index in [4.69, 9.17) is 4.74 Å². The maximum absolute atomic E-state index is 14.4. The highest BCUT2D eigenvalue weighted by Gasteiger charge is 2.32. The van der Waals surface area contributed by atoms with Crippen molar-refractivity contribution in [3.05, 3.63) is 95.1 Å². The molecule has 4 nitrogen and oxygen atoms in total. The first-order valence-electron chi connectivity index (χ1n) is 14.4. The monoisotopic (exact) mass is 588 g/mol. The lowest BCUT2D eigenvalue weighted by Crippen LogP contribution is -2.33. The van der Waals surface area contributed by atoms with Crippen LogP contribution in [0.4, 0.5) is 27.6 Å². The number of anilines is 1. The zero-order chi connectivity index (χ0) is 30.3. The van der Waals surface area contributed by atoms with Crippen LogP contribution >= 0.6 is 0 Å². The molecule has 3 aromatic rings. The third-order valence-electron chi connectivity index (χ3n) is 7.68. The summed E-state index contributed by atoms with van der Waals surface area (Å²) in [4.78, 5) is 14.4. The van der Waals surface area contributed by atoms with Gasteiger partial charge in [-0.05, 0) is 111 Å². The largest absolute Gasteiger partial charge is 0.483 e. The normalized spacial score (nSPS) is 15.5. The second-order valence-electron chi connectivity index (χ2n) is 11.2. The third-order valence-corrected chi connectivity index (χ3v) is 7.68. The first kappa shape index (κ1) is 31.5. The molecule has 1 atom stereocenters. The van der Waals surface area contributed by atoms with Gasteiger partial charge in [0.15, 0.2) is 11.6 Å². The first-order chi connectivity index (χ1) is 20.0. The van der Waals surface area contributed by atoms with Gasteiger partial charge in [0.25, 0.3) is 0 Å². The quantitative estimate of drug-likeness (QED) is 0.180. The molecule has 1 unspecified atom stereocenters. The Labute approximate surface area is 243 Å². The minimum Gasteiger partial charge on any atom is -0.483 e. The zero-order valence-electron chi connectivity index (χ0n) is 23.9. The van der Waals surface area contributed by atoms with E-state index in [0.717, 1.165) is 50.7 Å². The van der Waals surface area contributed by atoms with Crippen LogP contribution in [0.15, 0.2) is 66.7 Å². The highest BCUT2D eigenvalue weighted by Crippen LogP contribution is 2.35. The van der Waals surface area contributed by atoms with Crippen molar-refractivity contribution < 1.29 is 31.5 Å². The number of rotatable bonds is 11. The van der Waals surface area contributed by atoms with Crippen molar-refractivity contribution >= 4 is 11.6 Å². The van der Waals surface area contributed by atoms with E-state index >= 15 is 0 Å². The van der Waals surface area contributed by atoms with Gasteiger partial charge in [0.1, 0.15) is 11.9 Å². The van der Waals surface area contributed by atoms with Crippen LogP contribution < -0.4 is 10.1 Å². The van der Waals surface area contributed by atoms with Crippen LogP contribution in [0, 0.1) is 17.6 Å². The number of nitrogens with zero attached hydrogens (tertiary/aromatic N) is 1. The fourth-order valence-corrected chi connectivity index (χ4v) is 5.24. The SMILES string of the molecule is CC(C)C(=O)Nc1cccc(C2CCN(CCCCC(Oc3cc(C(F)(F)F)ccc3F)c3cccc(F)c3)CC2)c1. The maximum atomic E-state index is 14.4. The summed E-state index contributed by atoms with van der Waals surface area (Å²) in [5.74, 6) is -1.60. The van der Waals surface area contributed by atoms with E-state index in [2.05, 4.69) is 22.3 Å². The number of alkyl halides is 3. The van der Waals surface area contributed by atoms with Crippen molar-refractivity contribution in [2.24, 2.45) is 5.92 Å². The van der Waals surface area contributed by atoms with Gasteiger partial charge in [-0.3, -0.25) is 4.79 Å². The second-order valence-corrected chi connectivity index (χ2v) is 11.2. The molecule has 0 aromatic heterocycles. The summed E-state index contributed by atoms with van der Waals surface area (Å²) in [6.45, 7) is 6.41. The van der Waals surface area contributed by atoms with E-state index < -0.39 is 35.2 Å². The number of hydrogen-bond acceptors (Lipinski definition) is 3. The topological polar surface area (TPSA) is 41.6 Å². The molecule has 9 heteroatoms. The molecular weight excluding hydrogens is 551 g/mol. The summed E-state index contributed by atoms with van der Waals surface area (Å²) in [7, 11) is 0. The highest BCUT2D eigenvalue weighted by atomic mass is 19.4. The average Bonchev–Trinajstić information content (AvgIpc) is 2.95. The van der Waals surface area contributed by atoms with Crippen LogP contribution in [-0.4, -0.2) is 30.4 Å². The molecule has 4 rings (SSSR count). The molecule has 1 heterocycles. The smallest absolute Gasteiger partial charge is 0.416 e. The number of likely N-dealkylation sites (tertiary alicyclic amines) is 1. The van der Waals surface area contributed by atoms with Crippen LogP contribution in [0.3, 0.4) is 0 Å². The Morgan fingerprint density at radius 3 is 2.40 bits per heavy atom. The standard InChI is InChI=1S/C33H37F5N2O2/c1-22(2)32(41)39-28-10-6-7-24(20-28)23-14-17-40(18-15-23)16-4-3-11-30(25-8-5-9-27(34)19-25)42-31-21-26(33(36,37)38)12-13-29(31)35/h5-10,12-13,19-23,30H,3-4,11,14-18H2,1-2H3,(H,39,41). The summed E-state index contributed by atoms with van der Waals surface area (Å²) in [5, 5.41) is 2.96. The fourth-order valence-electron chi connectivity index (χ4n) is 5.24. The number of ether oxygens (including phenoxy) is 1. The lowest BCUT2D eigenvalue weighted by Gasteiger charge is -2.32. The Morgan fingerprint density at radius 1 is 0.976 bits per heavy atom. The highest BCUT2D eigenvalue weighted by molar-refractivity contribution is 5.92. The maximum Gasteiger partial charge on any atom is 0.416 e. The van der Waals surface area contributed by atoms with Crippen molar-refractivity contribution in [1.29, 1.82) is 0 Å². The number of piperidine rings is 1. The number of benzene rings is 3. The number of nitrogens with one attached hydrogen (secondary N) is 1. The number of halogens is 5.